The second-order valence-electron chi connectivity index (χ2n) is 4.01. The SMILES string of the molecule is CS(=O)(=O)O[C@@H]1C[C@@H]2CC[C@H]1C2. The van der Waals surface area contributed by atoms with E-state index in [4.69, 9.17) is 4.18 Å². The largest absolute Gasteiger partial charge is 0.267 e. The maximum Gasteiger partial charge on any atom is 0.264 e. The zero-order valence-corrected chi connectivity index (χ0v) is 8.01. The Morgan fingerprint density at radius 3 is 2.42 bits per heavy atom. The fraction of sp³-hybridized carbons (Fsp3) is 1.00. The molecule has 0 N–H and O–H groups in total. The van der Waals surface area contributed by atoms with E-state index in [-0.39, 0.29) is 6.10 Å². The Morgan fingerprint density at radius 2 is 2.00 bits per heavy atom. The van der Waals surface area contributed by atoms with Crippen molar-refractivity contribution < 1.29 is 12.6 Å². The van der Waals surface area contributed by atoms with Crippen molar-refractivity contribution >= 4 is 10.1 Å². The average molecular weight is 190 g/mol. The van der Waals surface area contributed by atoms with Gasteiger partial charge >= 0.3 is 0 Å². The molecule has 0 unspecified atom stereocenters. The van der Waals surface area contributed by atoms with Crippen LogP contribution in [0.5, 0.6) is 0 Å². The molecule has 3 atom stereocenters. The summed E-state index contributed by atoms with van der Waals surface area (Å²) < 4.78 is 26.7. The molecule has 2 fully saturated rings. The summed E-state index contributed by atoms with van der Waals surface area (Å²) in [6.07, 6.45) is 5.70. The lowest BCUT2D eigenvalue weighted by Gasteiger charge is -2.20. The number of rotatable bonds is 2. The van der Waals surface area contributed by atoms with Crippen LogP contribution in [-0.2, 0) is 14.3 Å². The highest BCUT2D eigenvalue weighted by Gasteiger charge is 2.41. The van der Waals surface area contributed by atoms with Crippen LogP contribution in [0.1, 0.15) is 25.7 Å². The Morgan fingerprint density at radius 1 is 1.25 bits per heavy atom. The molecule has 0 aromatic heterocycles. The van der Waals surface area contributed by atoms with Crippen LogP contribution in [0.3, 0.4) is 0 Å². The zero-order valence-electron chi connectivity index (χ0n) is 7.19. The molecule has 0 aliphatic heterocycles. The highest BCUT2D eigenvalue weighted by molar-refractivity contribution is 7.86. The van der Waals surface area contributed by atoms with Crippen molar-refractivity contribution in [2.24, 2.45) is 11.8 Å². The molecular formula is C8H14O3S. The minimum absolute atomic E-state index is 0.00116. The van der Waals surface area contributed by atoms with Gasteiger partial charge in [-0.05, 0) is 37.5 Å². The standard InChI is InChI=1S/C8H14O3S/c1-12(9,10)11-8-5-6-2-3-7(8)4-6/h6-8H,2-5H2,1H3/t6-,7+,8-/m1/s1. The molecule has 2 rings (SSSR count). The first-order valence-corrected chi connectivity index (χ1v) is 6.24. The van der Waals surface area contributed by atoms with Crippen LogP contribution in [0.15, 0.2) is 0 Å². The molecule has 70 valence electrons. The van der Waals surface area contributed by atoms with Gasteiger partial charge in [-0.15, -0.1) is 0 Å². The van der Waals surface area contributed by atoms with Gasteiger partial charge in [0.15, 0.2) is 0 Å². The Bertz CT molecular complexity index is 270. The minimum Gasteiger partial charge on any atom is -0.267 e. The molecule has 2 saturated carbocycles. The molecule has 12 heavy (non-hydrogen) atoms. The minimum atomic E-state index is -3.23. The highest BCUT2D eigenvalue weighted by Crippen LogP contribution is 2.46. The smallest absolute Gasteiger partial charge is 0.264 e. The van der Waals surface area contributed by atoms with E-state index in [9.17, 15) is 8.42 Å². The Balaban J connectivity index is 2.00. The number of fused-ring (bicyclic) bond motifs is 2. The predicted molar refractivity (Wildman–Crippen MR) is 45.2 cm³/mol. The molecule has 0 radical (unpaired) electrons. The van der Waals surface area contributed by atoms with Crippen LogP contribution in [0.4, 0.5) is 0 Å². The molecule has 3 nitrogen and oxygen atoms in total. The van der Waals surface area contributed by atoms with Crippen molar-refractivity contribution in [3.05, 3.63) is 0 Å². The van der Waals surface area contributed by atoms with Crippen LogP contribution >= 0.6 is 0 Å². The average Bonchev–Trinajstić information content (AvgIpc) is 2.42. The van der Waals surface area contributed by atoms with E-state index in [1.54, 1.807) is 0 Å². The lowest BCUT2D eigenvalue weighted by molar-refractivity contribution is 0.147. The maximum absolute atomic E-state index is 10.8. The lowest BCUT2D eigenvalue weighted by atomic mass is 9.98. The van der Waals surface area contributed by atoms with Crippen molar-refractivity contribution in [3.63, 3.8) is 0 Å². The first-order chi connectivity index (χ1) is 5.54. The van der Waals surface area contributed by atoms with Gasteiger partial charge in [0.25, 0.3) is 10.1 Å². The molecule has 0 aromatic carbocycles. The summed E-state index contributed by atoms with van der Waals surface area (Å²) in [5.41, 5.74) is 0. The summed E-state index contributed by atoms with van der Waals surface area (Å²) in [5.74, 6) is 1.26. The fourth-order valence-corrected chi connectivity index (χ4v) is 3.21. The van der Waals surface area contributed by atoms with Gasteiger partial charge in [0.1, 0.15) is 0 Å². The van der Waals surface area contributed by atoms with Crippen LogP contribution in [0, 0.1) is 11.8 Å². The van der Waals surface area contributed by atoms with Gasteiger partial charge in [-0.1, -0.05) is 0 Å². The van der Waals surface area contributed by atoms with E-state index >= 15 is 0 Å². The summed E-state index contributed by atoms with van der Waals surface area (Å²) in [6.45, 7) is 0. The van der Waals surface area contributed by atoms with E-state index in [0.29, 0.717) is 5.92 Å². The molecule has 0 aromatic rings. The lowest BCUT2D eigenvalue weighted by Crippen LogP contribution is -2.23. The van der Waals surface area contributed by atoms with E-state index < -0.39 is 10.1 Å². The van der Waals surface area contributed by atoms with Crippen LogP contribution in [-0.4, -0.2) is 20.8 Å². The molecule has 2 bridgehead atoms. The molecule has 2 aliphatic rings. The maximum atomic E-state index is 10.8. The van der Waals surface area contributed by atoms with Crippen molar-refractivity contribution in [2.75, 3.05) is 6.26 Å². The van der Waals surface area contributed by atoms with E-state index in [2.05, 4.69) is 0 Å². The van der Waals surface area contributed by atoms with Crippen molar-refractivity contribution in [1.82, 2.24) is 0 Å². The second kappa shape index (κ2) is 2.70. The molecular weight excluding hydrogens is 176 g/mol. The third-order valence-corrected chi connectivity index (χ3v) is 3.57. The summed E-state index contributed by atoms with van der Waals surface area (Å²) >= 11 is 0. The van der Waals surface area contributed by atoms with Crippen molar-refractivity contribution in [2.45, 2.75) is 31.8 Å². The molecule has 4 heteroatoms. The quantitative estimate of drug-likeness (QED) is 0.613. The van der Waals surface area contributed by atoms with Crippen LogP contribution in [0.2, 0.25) is 0 Å². The topological polar surface area (TPSA) is 43.4 Å². The van der Waals surface area contributed by atoms with E-state index in [0.717, 1.165) is 25.0 Å². The molecule has 0 spiro atoms. The van der Waals surface area contributed by atoms with Gasteiger partial charge in [-0.2, -0.15) is 8.42 Å². The third-order valence-electron chi connectivity index (χ3n) is 2.97. The summed E-state index contributed by atoms with van der Waals surface area (Å²) in [7, 11) is -3.23. The Labute approximate surface area is 73.2 Å². The molecule has 0 heterocycles. The second-order valence-corrected chi connectivity index (χ2v) is 5.61. The number of hydrogen-bond donors (Lipinski definition) is 0. The van der Waals surface area contributed by atoms with Gasteiger partial charge < -0.3 is 0 Å². The Kier molecular flexibility index (Phi) is 1.92. The Hall–Kier alpha value is -0.0900. The number of hydrogen-bond acceptors (Lipinski definition) is 3. The van der Waals surface area contributed by atoms with Crippen molar-refractivity contribution in [3.8, 4) is 0 Å². The third kappa shape index (κ3) is 1.64. The van der Waals surface area contributed by atoms with E-state index in [1.807, 2.05) is 0 Å². The van der Waals surface area contributed by atoms with E-state index in [1.165, 1.54) is 12.8 Å². The van der Waals surface area contributed by atoms with Gasteiger partial charge in [0.2, 0.25) is 0 Å². The van der Waals surface area contributed by atoms with Gasteiger partial charge in [-0.25, -0.2) is 0 Å². The summed E-state index contributed by atoms with van der Waals surface area (Å²) in [5, 5.41) is 0. The molecule has 0 amide bonds. The first-order valence-electron chi connectivity index (χ1n) is 4.43. The van der Waals surface area contributed by atoms with Gasteiger partial charge in [0.05, 0.1) is 12.4 Å². The first kappa shape index (κ1) is 8.51. The van der Waals surface area contributed by atoms with Crippen LogP contribution < -0.4 is 0 Å². The van der Waals surface area contributed by atoms with Gasteiger partial charge in [-0.3, -0.25) is 4.18 Å². The summed E-state index contributed by atoms with van der Waals surface area (Å²) in [4.78, 5) is 0. The highest BCUT2D eigenvalue weighted by atomic mass is 32.2. The monoisotopic (exact) mass is 190 g/mol. The van der Waals surface area contributed by atoms with Gasteiger partial charge in [0, 0.05) is 0 Å². The normalized spacial score (nSPS) is 40.6. The molecule has 0 saturated heterocycles. The molecule has 2 aliphatic carbocycles. The fourth-order valence-electron chi connectivity index (χ4n) is 2.53. The van der Waals surface area contributed by atoms with Crippen LogP contribution in [0.25, 0.3) is 0 Å². The summed E-state index contributed by atoms with van der Waals surface area (Å²) in [6, 6.07) is 0. The predicted octanol–water partition coefficient (Wildman–Crippen LogP) is 1.15. The van der Waals surface area contributed by atoms with Crippen molar-refractivity contribution in [1.29, 1.82) is 0 Å². The zero-order chi connectivity index (χ0) is 8.77.